The van der Waals surface area contributed by atoms with Gasteiger partial charge in [0.25, 0.3) is 5.88 Å². The van der Waals surface area contributed by atoms with Gasteiger partial charge in [0.05, 0.1) is 0 Å². The average Bonchev–Trinajstić information content (AvgIpc) is 2.33. The first kappa shape index (κ1) is 12.4. The van der Waals surface area contributed by atoms with Crippen LogP contribution in [-0.2, 0) is 0 Å². The molecule has 5 nitrogen and oxygen atoms in total. The molecule has 2 heterocycles. The van der Waals surface area contributed by atoms with Crippen molar-refractivity contribution in [2.45, 2.75) is 0 Å². The van der Waals surface area contributed by atoms with E-state index in [0.29, 0.717) is 4.47 Å². The van der Waals surface area contributed by atoms with Crippen LogP contribution in [-0.4, -0.2) is 21.0 Å². The molecule has 0 aliphatic heterocycles. The Kier molecular flexibility index (Phi) is 3.52. The fraction of sp³-hybridized carbons (Fsp3) is 0. The molecule has 0 saturated heterocycles. The number of hydrogen-bond acceptors (Lipinski definition) is 4. The predicted octanol–water partition coefficient (Wildman–Crippen LogP) is 2.87. The van der Waals surface area contributed by atoms with E-state index in [1.165, 1.54) is 30.6 Å². The lowest BCUT2D eigenvalue weighted by Crippen LogP contribution is -2.03. The van der Waals surface area contributed by atoms with Gasteiger partial charge < -0.3 is 9.84 Å². The lowest BCUT2D eigenvalue weighted by Gasteiger charge is -2.07. The van der Waals surface area contributed by atoms with Crippen LogP contribution in [0.4, 0.5) is 4.39 Å². The van der Waals surface area contributed by atoms with Gasteiger partial charge in [-0.1, -0.05) is 0 Å². The first-order valence-electron chi connectivity index (χ1n) is 4.75. The first-order chi connectivity index (χ1) is 8.58. The van der Waals surface area contributed by atoms with Gasteiger partial charge in [-0.2, -0.15) is 0 Å². The van der Waals surface area contributed by atoms with E-state index in [-0.39, 0.29) is 17.3 Å². The van der Waals surface area contributed by atoms with Crippen molar-refractivity contribution in [2.24, 2.45) is 0 Å². The molecule has 0 atom stereocenters. The lowest BCUT2D eigenvalue weighted by atomic mass is 10.3. The molecule has 2 aromatic heterocycles. The van der Waals surface area contributed by atoms with Crippen LogP contribution in [0.25, 0.3) is 0 Å². The summed E-state index contributed by atoms with van der Waals surface area (Å²) in [6, 6.07) is 4.03. The van der Waals surface area contributed by atoms with Crippen LogP contribution in [0.1, 0.15) is 10.5 Å². The number of carboxylic acid groups (broad SMARTS) is 1. The molecular formula is C11H6BrFN2O3. The van der Waals surface area contributed by atoms with Crippen molar-refractivity contribution in [2.75, 3.05) is 0 Å². The summed E-state index contributed by atoms with van der Waals surface area (Å²) in [7, 11) is 0. The molecule has 0 aromatic carbocycles. The van der Waals surface area contributed by atoms with E-state index in [9.17, 15) is 9.18 Å². The molecule has 2 rings (SSSR count). The van der Waals surface area contributed by atoms with Crippen molar-refractivity contribution in [3.8, 4) is 11.6 Å². The molecule has 0 aliphatic carbocycles. The molecule has 0 saturated carbocycles. The fourth-order valence-corrected chi connectivity index (χ4v) is 1.52. The summed E-state index contributed by atoms with van der Waals surface area (Å²) in [6.07, 6.45) is 2.65. The van der Waals surface area contributed by atoms with Crippen LogP contribution in [0.2, 0.25) is 0 Å². The number of hydrogen-bond donors (Lipinski definition) is 1. The van der Waals surface area contributed by atoms with Gasteiger partial charge in [0, 0.05) is 16.9 Å². The Morgan fingerprint density at radius 1 is 1.44 bits per heavy atom. The Labute approximate surface area is 109 Å². The van der Waals surface area contributed by atoms with Crippen LogP contribution >= 0.6 is 15.9 Å². The highest BCUT2D eigenvalue weighted by atomic mass is 79.9. The largest absolute Gasteiger partial charge is 0.476 e. The number of aromatic nitrogens is 2. The molecule has 2 aromatic rings. The molecule has 0 aliphatic rings. The summed E-state index contributed by atoms with van der Waals surface area (Å²) in [4.78, 5) is 18.2. The zero-order valence-corrected chi connectivity index (χ0v) is 10.4. The minimum absolute atomic E-state index is 0.0706. The number of halogens is 2. The number of pyridine rings is 2. The van der Waals surface area contributed by atoms with E-state index in [2.05, 4.69) is 25.9 Å². The summed E-state index contributed by atoms with van der Waals surface area (Å²) in [5, 5.41) is 8.89. The van der Waals surface area contributed by atoms with E-state index in [1.807, 2.05) is 0 Å². The highest BCUT2D eigenvalue weighted by Crippen LogP contribution is 2.25. The monoisotopic (exact) mass is 312 g/mol. The third-order valence-electron chi connectivity index (χ3n) is 1.95. The van der Waals surface area contributed by atoms with Crippen LogP contribution in [0.5, 0.6) is 11.6 Å². The highest BCUT2D eigenvalue weighted by molar-refractivity contribution is 9.10. The molecule has 92 valence electrons. The molecule has 0 amide bonds. The van der Waals surface area contributed by atoms with Crippen molar-refractivity contribution < 1.29 is 19.0 Å². The van der Waals surface area contributed by atoms with Crippen LogP contribution in [0, 0.1) is 5.82 Å². The molecular weight excluding hydrogens is 307 g/mol. The van der Waals surface area contributed by atoms with Gasteiger partial charge in [-0.15, -0.1) is 0 Å². The summed E-state index contributed by atoms with van der Waals surface area (Å²) < 4.78 is 19.0. The number of nitrogens with zero attached hydrogens (tertiary/aromatic N) is 2. The van der Waals surface area contributed by atoms with Gasteiger partial charge in [0.1, 0.15) is 0 Å². The normalized spacial score (nSPS) is 10.1. The SMILES string of the molecule is O=C(O)c1ncccc1Oc1ncc(Br)cc1F. The maximum Gasteiger partial charge on any atom is 0.358 e. The standard InChI is InChI=1S/C11H6BrFN2O3/c12-6-4-7(13)10(15-5-6)18-8-2-1-3-14-9(8)11(16)17/h1-5H,(H,16,17). The second-order valence-corrected chi connectivity index (χ2v) is 4.11. The van der Waals surface area contributed by atoms with E-state index < -0.39 is 11.8 Å². The van der Waals surface area contributed by atoms with Crippen molar-refractivity contribution >= 4 is 21.9 Å². The molecule has 1 N–H and O–H groups in total. The third kappa shape index (κ3) is 2.62. The van der Waals surface area contributed by atoms with Gasteiger partial charge in [0.2, 0.25) is 0 Å². The van der Waals surface area contributed by atoms with Crippen LogP contribution < -0.4 is 4.74 Å². The minimum Gasteiger partial charge on any atom is -0.476 e. The predicted molar refractivity (Wildman–Crippen MR) is 63.2 cm³/mol. The van der Waals surface area contributed by atoms with Gasteiger partial charge in [-0.25, -0.2) is 19.2 Å². The number of aromatic carboxylic acids is 1. The maximum atomic E-state index is 13.5. The minimum atomic E-state index is -1.26. The van der Waals surface area contributed by atoms with Gasteiger partial charge in [-0.05, 0) is 34.1 Å². The molecule has 0 spiro atoms. The molecule has 0 bridgehead atoms. The third-order valence-corrected chi connectivity index (χ3v) is 2.39. The summed E-state index contributed by atoms with van der Waals surface area (Å²) in [6.45, 7) is 0. The van der Waals surface area contributed by atoms with E-state index in [0.717, 1.165) is 0 Å². The van der Waals surface area contributed by atoms with E-state index in [4.69, 9.17) is 9.84 Å². The number of ether oxygens (including phenoxy) is 1. The van der Waals surface area contributed by atoms with E-state index in [1.54, 1.807) is 0 Å². The highest BCUT2D eigenvalue weighted by Gasteiger charge is 2.15. The smallest absolute Gasteiger partial charge is 0.358 e. The Morgan fingerprint density at radius 2 is 2.22 bits per heavy atom. The molecule has 0 radical (unpaired) electrons. The average molecular weight is 313 g/mol. The first-order valence-corrected chi connectivity index (χ1v) is 5.54. The van der Waals surface area contributed by atoms with Crippen molar-refractivity contribution in [1.82, 2.24) is 9.97 Å². The number of carboxylic acids is 1. The zero-order chi connectivity index (χ0) is 13.1. The Bertz CT molecular complexity index is 607. The van der Waals surface area contributed by atoms with Gasteiger partial charge >= 0.3 is 5.97 Å². The molecule has 0 fully saturated rings. The molecule has 18 heavy (non-hydrogen) atoms. The summed E-state index contributed by atoms with van der Waals surface area (Å²) in [5.74, 6) is -2.35. The van der Waals surface area contributed by atoms with E-state index >= 15 is 0 Å². The Hall–Kier alpha value is -2.02. The topological polar surface area (TPSA) is 72.3 Å². The van der Waals surface area contributed by atoms with Crippen LogP contribution in [0.15, 0.2) is 35.1 Å². The summed E-state index contributed by atoms with van der Waals surface area (Å²) >= 11 is 3.05. The Morgan fingerprint density at radius 3 is 2.89 bits per heavy atom. The maximum absolute atomic E-state index is 13.5. The fourth-order valence-electron chi connectivity index (χ4n) is 1.21. The molecule has 7 heteroatoms. The second-order valence-electron chi connectivity index (χ2n) is 3.20. The van der Waals surface area contributed by atoms with Crippen molar-refractivity contribution in [3.05, 3.63) is 46.6 Å². The number of rotatable bonds is 3. The van der Waals surface area contributed by atoms with Gasteiger partial charge in [0.15, 0.2) is 17.3 Å². The molecule has 0 unspecified atom stereocenters. The quantitative estimate of drug-likeness (QED) is 0.943. The number of carbonyl (C=O) groups is 1. The van der Waals surface area contributed by atoms with Crippen LogP contribution in [0.3, 0.4) is 0 Å². The van der Waals surface area contributed by atoms with Crippen molar-refractivity contribution in [1.29, 1.82) is 0 Å². The zero-order valence-electron chi connectivity index (χ0n) is 8.80. The van der Waals surface area contributed by atoms with Crippen molar-refractivity contribution in [3.63, 3.8) is 0 Å². The lowest BCUT2D eigenvalue weighted by molar-refractivity contribution is 0.0687. The summed E-state index contributed by atoms with van der Waals surface area (Å²) in [5.41, 5.74) is -0.304. The Balaban J connectivity index is 2.37. The van der Waals surface area contributed by atoms with Gasteiger partial charge in [-0.3, -0.25) is 0 Å². The second kappa shape index (κ2) is 5.09.